The Hall–Kier alpha value is -3.05. The number of benzene rings is 3. The van der Waals surface area contributed by atoms with Gasteiger partial charge in [-0.15, -0.1) is 0 Å². The van der Waals surface area contributed by atoms with Crippen molar-refractivity contribution in [2.45, 2.75) is 22.4 Å². The van der Waals surface area contributed by atoms with Crippen molar-refractivity contribution in [3.8, 4) is 0 Å². The highest BCUT2D eigenvalue weighted by atomic mass is 32.2. The maximum atomic E-state index is 13.6. The summed E-state index contributed by atoms with van der Waals surface area (Å²) in [5.74, 6) is -0.471. The Bertz CT molecular complexity index is 1370. The molecule has 1 heterocycles. The molecule has 1 atom stereocenters. The van der Waals surface area contributed by atoms with Crippen molar-refractivity contribution in [2.24, 2.45) is 0 Å². The van der Waals surface area contributed by atoms with Crippen LogP contribution in [0.15, 0.2) is 101 Å². The molecular weight excluding hydrogens is 486 g/mol. The Kier molecular flexibility index (Phi) is 7.36. The van der Waals surface area contributed by atoms with Crippen LogP contribution in [0.1, 0.15) is 5.56 Å². The summed E-state index contributed by atoms with van der Waals surface area (Å²) in [4.78, 5) is 15.2. The van der Waals surface area contributed by atoms with E-state index in [-0.39, 0.29) is 36.0 Å². The van der Waals surface area contributed by atoms with Gasteiger partial charge in [0.25, 0.3) is 0 Å². The van der Waals surface area contributed by atoms with Crippen molar-refractivity contribution >= 4 is 26.0 Å². The van der Waals surface area contributed by atoms with Crippen molar-refractivity contribution in [3.63, 3.8) is 0 Å². The average Bonchev–Trinajstić information content (AvgIpc) is 2.89. The maximum absolute atomic E-state index is 13.6. The van der Waals surface area contributed by atoms with Gasteiger partial charge in [0.15, 0.2) is 0 Å². The van der Waals surface area contributed by atoms with E-state index in [2.05, 4.69) is 0 Å². The fourth-order valence-corrected chi connectivity index (χ4v) is 7.15. The van der Waals surface area contributed by atoms with Gasteiger partial charge in [-0.1, -0.05) is 66.7 Å². The second-order valence-electron chi connectivity index (χ2n) is 8.30. The molecule has 35 heavy (non-hydrogen) atoms. The summed E-state index contributed by atoms with van der Waals surface area (Å²) >= 11 is 0. The number of carbonyl (C=O) groups excluding carboxylic acids is 1. The van der Waals surface area contributed by atoms with E-state index >= 15 is 0 Å². The Morgan fingerprint density at radius 1 is 0.771 bits per heavy atom. The molecule has 0 spiro atoms. The lowest BCUT2D eigenvalue weighted by Crippen LogP contribution is -2.61. The highest BCUT2D eigenvalue weighted by Gasteiger charge is 2.44. The van der Waals surface area contributed by atoms with E-state index in [0.29, 0.717) is 0 Å². The molecule has 1 amide bonds. The van der Waals surface area contributed by atoms with Crippen LogP contribution in [0.5, 0.6) is 0 Å². The van der Waals surface area contributed by atoms with Crippen LogP contribution in [-0.2, 0) is 31.4 Å². The van der Waals surface area contributed by atoms with Crippen LogP contribution in [0.25, 0.3) is 0 Å². The third-order valence-corrected chi connectivity index (χ3v) is 9.75. The Morgan fingerprint density at radius 2 is 1.26 bits per heavy atom. The van der Waals surface area contributed by atoms with E-state index in [1.807, 2.05) is 30.3 Å². The normalized spacial score (nSPS) is 17.7. The monoisotopic (exact) mass is 513 g/mol. The van der Waals surface area contributed by atoms with Crippen LogP contribution in [-0.4, -0.2) is 69.0 Å². The molecule has 1 saturated heterocycles. The van der Waals surface area contributed by atoms with Crippen molar-refractivity contribution in [3.05, 3.63) is 96.6 Å². The van der Waals surface area contributed by atoms with E-state index in [4.69, 9.17) is 0 Å². The first-order valence-corrected chi connectivity index (χ1v) is 14.0. The number of hydrogen-bond acceptors (Lipinski definition) is 5. The summed E-state index contributed by atoms with van der Waals surface area (Å²) < 4.78 is 55.9. The minimum Gasteiger partial charge on any atom is -0.340 e. The zero-order valence-corrected chi connectivity index (χ0v) is 20.9. The minimum atomic E-state index is -4.03. The van der Waals surface area contributed by atoms with Crippen LogP contribution in [0.3, 0.4) is 0 Å². The molecule has 0 aromatic heterocycles. The molecule has 0 aliphatic carbocycles. The Balaban J connectivity index is 1.67. The molecule has 10 heteroatoms. The second kappa shape index (κ2) is 10.3. The highest BCUT2D eigenvalue weighted by molar-refractivity contribution is 7.89. The number of likely N-dealkylation sites (N-methyl/N-ethyl adjacent to an activating group) is 1. The topological polar surface area (TPSA) is 95.1 Å². The lowest BCUT2D eigenvalue weighted by Gasteiger charge is -2.40. The van der Waals surface area contributed by atoms with Gasteiger partial charge in [-0.3, -0.25) is 4.79 Å². The molecule has 0 bridgehead atoms. The number of rotatable bonds is 7. The SMILES string of the molecule is CN(Cc1ccccc1)C(=O)[C@H]1CN(S(=O)(=O)c2ccccc2)CCN1S(=O)(=O)c1ccccc1. The molecular formula is C25H27N3O5S2. The lowest BCUT2D eigenvalue weighted by atomic mass is 10.1. The van der Waals surface area contributed by atoms with Crippen molar-refractivity contribution in [1.82, 2.24) is 13.5 Å². The standard InChI is InChI=1S/C25H27N3O5S2/c1-26(19-21-11-5-2-6-12-21)25(29)24-20-27(34(30,31)22-13-7-3-8-14-22)17-18-28(24)35(32,33)23-15-9-4-10-16-23/h2-16,24H,17-20H2,1H3/t24-/m1/s1. The maximum Gasteiger partial charge on any atom is 0.243 e. The van der Waals surface area contributed by atoms with Crippen molar-refractivity contribution < 1.29 is 21.6 Å². The number of hydrogen-bond donors (Lipinski definition) is 0. The van der Waals surface area contributed by atoms with Crippen LogP contribution in [0.4, 0.5) is 0 Å². The first kappa shape index (κ1) is 25.1. The summed E-state index contributed by atoms with van der Waals surface area (Å²) in [7, 11) is -6.35. The fourth-order valence-electron chi connectivity index (χ4n) is 4.11. The summed E-state index contributed by atoms with van der Waals surface area (Å²) in [6.07, 6.45) is 0. The molecule has 184 valence electrons. The predicted molar refractivity (Wildman–Crippen MR) is 132 cm³/mol. The van der Waals surface area contributed by atoms with E-state index in [1.165, 1.54) is 33.5 Å². The minimum absolute atomic E-state index is 0.0582. The lowest BCUT2D eigenvalue weighted by molar-refractivity contribution is -0.135. The Morgan fingerprint density at radius 3 is 1.80 bits per heavy atom. The number of piperazine rings is 1. The van der Waals surface area contributed by atoms with Gasteiger partial charge in [-0.2, -0.15) is 8.61 Å². The number of sulfonamides is 2. The van der Waals surface area contributed by atoms with Gasteiger partial charge in [0.1, 0.15) is 6.04 Å². The molecule has 3 aromatic carbocycles. The molecule has 3 aromatic rings. The van der Waals surface area contributed by atoms with E-state index in [0.717, 1.165) is 9.87 Å². The predicted octanol–water partition coefficient (Wildman–Crippen LogP) is 2.41. The molecule has 1 aliphatic rings. The molecule has 1 fully saturated rings. The van der Waals surface area contributed by atoms with Crippen LogP contribution in [0, 0.1) is 0 Å². The summed E-state index contributed by atoms with van der Waals surface area (Å²) in [6.45, 7) is -0.212. The molecule has 0 saturated carbocycles. The third kappa shape index (κ3) is 5.30. The van der Waals surface area contributed by atoms with E-state index in [1.54, 1.807) is 43.4 Å². The summed E-state index contributed by atoms with van der Waals surface area (Å²) in [6, 6.07) is 23.9. The van der Waals surface area contributed by atoms with Crippen LogP contribution >= 0.6 is 0 Å². The quantitative estimate of drug-likeness (QED) is 0.484. The number of amides is 1. The van der Waals surface area contributed by atoms with Gasteiger partial charge in [-0.05, 0) is 29.8 Å². The number of carbonyl (C=O) groups is 1. The summed E-state index contributed by atoms with van der Waals surface area (Å²) in [5, 5.41) is 0. The zero-order valence-electron chi connectivity index (χ0n) is 19.3. The molecule has 0 radical (unpaired) electrons. The van der Waals surface area contributed by atoms with Gasteiger partial charge in [0.05, 0.1) is 9.79 Å². The zero-order chi connectivity index (χ0) is 25.1. The van der Waals surface area contributed by atoms with Gasteiger partial charge in [-0.25, -0.2) is 16.8 Å². The highest BCUT2D eigenvalue weighted by Crippen LogP contribution is 2.26. The van der Waals surface area contributed by atoms with Gasteiger partial charge < -0.3 is 4.90 Å². The average molecular weight is 514 g/mol. The largest absolute Gasteiger partial charge is 0.340 e. The molecule has 4 rings (SSSR count). The first-order valence-electron chi connectivity index (χ1n) is 11.1. The molecule has 0 N–H and O–H groups in total. The van der Waals surface area contributed by atoms with E-state index in [9.17, 15) is 21.6 Å². The van der Waals surface area contributed by atoms with E-state index < -0.39 is 32.0 Å². The molecule has 8 nitrogen and oxygen atoms in total. The third-order valence-electron chi connectivity index (χ3n) is 5.95. The molecule has 0 unspecified atom stereocenters. The number of nitrogens with zero attached hydrogens (tertiary/aromatic N) is 3. The first-order chi connectivity index (χ1) is 16.7. The fraction of sp³-hybridized carbons (Fsp3) is 0.240. The van der Waals surface area contributed by atoms with Gasteiger partial charge in [0, 0.05) is 33.2 Å². The summed E-state index contributed by atoms with van der Waals surface area (Å²) in [5.41, 5.74) is 0.880. The van der Waals surface area contributed by atoms with Crippen LogP contribution in [0.2, 0.25) is 0 Å². The van der Waals surface area contributed by atoms with Gasteiger partial charge in [0.2, 0.25) is 26.0 Å². The molecule has 1 aliphatic heterocycles. The van der Waals surface area contributed by atoms with Crippen molar-refractivity contribution in [1.29, 1.82) is 0 Å². The second-order valence-corrected chi connectivity index (χ2v) is 12.1. The smallest absolute Gasteiger partial charge is 0.243 e. The Labute approximate surface area is 206 Å². The van der Waals surface area contributed by atoms with Gasteiger partial charge >= 0.3 is 0 Å². The van der Waals surface area contributed by atoms with Crippen LogP contribution < -0.4 is 0 Å². The van der Waals surface area contributed by atoms with Crippen molar-refractivity contribution in [2.75, 3.05) is 26.7 Å².